The Labute approximate surface area is 166 Å². The van der Waals surface area contributed by atoms with E-state index in [1.807, 2.05) is 36.4 Å². The minimum Gasteiger partial charge on any atom is -0.497 e. The predicted molar refractivity (Wildman–Crippen MR) is 113 cm³/mol. The summed E-state index contributed by atoms with van der Waals surface area (Å²) in [6, 6.07) is 11.5. The maximum atomic E-state index is 6.26. The van der Waals surface area contributed by atoms with Crippen molar-refractivity contribution in [3.63, 3.8) is 0 Å². The Morgan fingerprint density at radius 2 is 1.89 bits per heavy atom. The number of rotatable bonds is 5. The lowest BCUT2D eigenvalue weighted by Gasteiger charge is -2.11. The Balaban J connectivity index is 1.72. The van der Waals surface area contributed by atoms with E-state index in [0.29, 0.717) is 17.3 Å². The Hall–Kier alpha value is -3.26. The molecule has 4 rings (SSSR count). The minimum atomic E-state index is 0.319. The summed E-state index contributed by atoms with van der Waals surface area (Å²) in [6.45, 7) is 4.18. The van der Waals surface area contributed by atoms with Gasteiger partial charge in [-0.1, -0.05) is 25.2 Å². The van der Waals surface area contributed by atoms with Gasteiger partial charge in [0.1, 0.15) is 22.1 Å². The summed E-state index contributed by atoms with van der Waals surface area (Å²) in [5, 5.41) is 13.6. The number of nitrogens with two attached hydrogens (primary N) is 1. The molecule has 8 heteroatoms. The second-order valence-electron chi connectivity index (χ2n) is 6.60. The fraction of sp³-hybridized carbons (Fsp3) is 0.200. The van der Waals surface area contributed by atoms with Crippen LogP contribution in [0.25, 0.3) is 21.6 Å². The van der Waals surface area contributed by atoms with Crippen LogP contribution in [0.5, 0.6) is 5.75 Å². The Bertz CT molecular complexity index is 1120. The maximum absolute atomic E-state index is 6.26. The van der Waals surface area contributed by atoms with Crippen LogP contribution in [0.4, 0.5) is 17.2 Å². The molecule has 3 heterocycles. The number of hydrogen-bond acceptors (Lipinski definition) is 8. The average Bonchev–Trinajstić information content (AvgIpc) is 3.19. The molecule has 0 saturated carbocycles. The highest BCUT2D eigenvalue weighted by atomic mass is 32.1. The summed E-state index contributed by atoms with van der Waals surface area (Å²) in [7, 11) is 1.64. The summed E-state index contributed by atoms with van der Waals surface area (Å²) >= 11 is 1.53. The molecule has 0 aliphatic heterocycles. The molecule has 0 aliphatic carbocycles. The second-order valence-corrected chi connectivity index (χ2v) is 7.61. The zero-order chi connectivity index (χ0) is 19.7. The molecule has 0 radical (unpaired) electrons. The third-order valence-electron chi connectivity index (χ3n) is 4.28. The molecular formula is C20H20N6OS. The summed E-state index contributed by atoms with van der Waals surface area (Å²) in [5.74, 6) is 1.53. The third-order valence-corrected chi connectivity index (χ3v) is 5.53. The molecule has 142 valence electrons. The number of anilines is 3. The predicted octanol–water partition coefficient (Wildman–Crippen LogP) is 4.61. The van der Waals surface area contributed by atoms with Gasteiger partial charge in [0, 0.05) is 17.8 Å². The highest BCUT2D eigenvalue weighted by Crippen LogP contribution is 2.34. The molecule has 4 aromatic rings. The standard InChI is InChI=1S/C20H20N6OS/c1-11(2)19-25-26-20(28-19)14-10-16-17(24-18(14)21)15(8-9-22-16)23-12-4-6-13(27-3)7-5-12/h4-11H,1-3H3,(H2,21,24)(H,22,23). The van der Waals surface area contributed by atoms with Crippen LogP contribution in [0.1, 0.15) is 24.8 Å². The van der Waals surface area contributed by atoms with Gasteiger partial charge in [-0.25, -0.2) is 4.98 Å². The summed E-state index contributed by atoms with van der Waals surface area (Å²) in [4.78, 5) is 9.06. The van der Waals surface area contributed by atoms with Crippen molar-refractivity contribution >= 4 is 39.6 Å². The van der Waals surface area contributed by atoms with Gasteiger partial charge in [-0.3, -0.25) is 4.98 Å². The lowest BCUT2D eigenvalue weighted by molar-refractivity contribution is 0.415. The highest BCUT2D eigenvalue weighted by molar-refractivity contribution is 7.14. The fourth-order valence-corrected chi connectivity index (χ4v) is 3.63. The lowest BCUT2D eigenvalue weighted by Crippen LogP contribution is -1.99. The molecule has 1 aromatic carbocycles. The van der Waals surface area contributed by atoms with E-state index in [1.165, 1.54) is 11.3 Å². The molecule has 7 nitrogen and oxygen atoms in total. The number of fused-ring (bicyclic) bond motifs is 1. The normalized spacial score (nSPS) is 11.1. The van der Waals surface area contributed by atoms with Crippen molar-refractivity contribution in [2.75, 3.05) is 18.2 Å². The summed E-state index contributed by atoms with van der Waals surface area (Å²) in [6.07, 6.45) is 1.75. The van der Waals surface area contributed by atoms with E-state index in [2.05, 4.69) is 39.3 Å². The molecule has 0 atom stereocenters. The zero-order valence-electron chi connectivity index (χ0n) is 15.8. The first-order valence-corrected chi connectivity index (χ1v) is 9.67. The first-order chi connectivity index (χ1) is 13.5. The average molecular weight is 392 g/mol. The van der Waals surface area contributed by atoms with Crippen LogP contribution in [0, 0.1) is 0 Å². The molecule has 0 amide bonds. The van der Waals surface area contributed by atoms with Gasteiger partial charge in [-0.2, -0.15) is 0 Å². The van der Waals surface area contributed by atoms with Crippen molar-refractivity contribution < 1.29 is 4.74 Å². The molecule has 0 bridgehead atoms. The van der Waals surface area contributed by atoms with Gasteiger partial charge < -0.3 is 15.8 Å². The van der Waals surface area contributed by atoms with Crippen LogP contribution < -0.4 is 15.8 Å². The number of hydrogen-bond donors (Lipinski definition) is 2. The molecule has 0 unspecified atom stereocenters. The third kappa shape index (κ3) is 3.46. The number of aromatic nitrogens is 4. The van der Waals surface area contributed by atoms with E-state index in [-0.39, 0.29) is 0 Å². The number of ether oxygens (including phenoxy) is 1. The quantitative estimate of drug-likeness (QED) is 0.512. The smallest absolute Gasteiger partial charge is 0.151 e. The molecular weight excluding hydrogens is 372 g/mol. The van der Waals surface area contributed by atoms with Crippen LogP contribution in [-0.2, 0) is 0 Å². The number of nitrogens with zero attached hydrogens (tertiary/aromatic N) is 4. The van der Waals surface area contributed by atoms with Gasteiger partial charge >= 0.3 is 0 Å². The Morgan fingerprint density at radius 1 is 1.11 bits per heavy atom. The summed E-state index contributed by atoms with van der Waals surface area (Å²) < 4.78 is 5.20. The molecule has 3 aromatic heterocycles. The van der Waals surface area contributed by atoms with Gasteiger partial charge in [-0.05, 0) is 36.4 Å². The minimum absolute atomic E-state index is 0.319. The van der Waals surface area contributed by atoms with Crippen molar-refractivity contribution in [2.24, 2.45) is 0 Å². The fourth-order valence-electron chi connectivity index (χ4n) is 2.76. The van der Waals surface area contributed by atoms with E-state index >= 15 is 0 Å². The molecule has 0 aliphatic rings. The van der Waals surface area contributed by atoms with Gasteiger partial charge in [0.25, 0.3) is 0 Å². The van der Waals surface area contributed by atoms with E-state index in [9.17, 15) is 0 Å². The molecule has 28 heavy (non-hydrogen) atoms. The molecule has 0 spiro atoms. The largest absolute Gasteiger partial charge is 0.497 e. The van der Waals surface area contributed by atoms with E-state index in [4.69, 9.17) is 10.5 Å². The van der Waals surface area contributed by atoms with Crippen LogP contribution in [-0.4, -0.2) is 27.3 Å². The topological polar surface area (TPSA) is 98.8 Å². The number of methoxy groups -OCH3 is 1. The van der Waals surface area contributed by atoms with Gasteiger partial charge in [0.2, 0.25) is 0 Å². The second kappa shape index (κ2) is 7.40. The summed E-state index contributed by atoms with van der Waals surface area (Å²) in [5.41, 5.74) is 10.2. The first-order valence-electron chi connectivity index (χ1n) is 8.85. The van der Waals surface area contributed by atoms with Gasteiger partial charge in [0.15, 0.2) is 5.01 Å². The van der Waals surface area contributed by atoms with Crippen molar-refractivity contribution in [1.82, 2.24) is 20.2 Å². The SMILES string of the molecule is COc1ccc(Nc2ccnc3cc(-c4nnc(C(C)C)s4)c(N)nc23)cc1. The van der Waals surface area contributed by atoms with Gasteiger partial charge in [-0.15, -0.1) is 10.2 Å². The number of benzene rings is 1. The van der Waals surface area contributed by atoms with Gasteiger partial charge in [0.05, 0.1) is 23.9 Å². The van der Waals surface area contributed by atoms with Crippen molar-refractivity contribution in [2.45, 2.75) is 19.8 Å². The Morgan fingerprint density at radius 3 is 2.57 bits per heavy atom. The van der Waals surface area contributed by atoms with E-state index < -0.39 is 0 Å². The van der Waals surface area contributed by atoms with Crippen molar-refractivity contribution in [3.05, 3.63) is 47.6 Å². The van der Waals surface area contributed by atoms with Crippen molar-refractivity contribution in [1.29, 1.82) is 0 Å². The number of nitrogens with one attached hydrogen (secondary N) is 1. The van der Waals surface area contributed by atoms with Crippen LogP contribution >= 0.6 is 11.3 Å². The number of pyridine rings is 2. The van der Waals surface area contributed by atoms with Crippen LogP contribution in [0.15, 0.2) is 42.6 Å². The Kier molecular flexibility index (Phi) is 4.79. The maximum Gasteiger partial charge on any atom is 0.151 e. The van der Waals surface area contributed by atoms with Crippen molar-refractivity contribution in [3.8, 4) is 16.3 Å². The van der Waals surface area contributed by atoms with E-state index in [0.717, 1.165) is 38.2 Å². The highest BCUT2D eigenvalue weighted by Gasteiger charge is 2.15. The lowest BCUT2D eigenvalue weighted by atomic mass is 10.2. The number of nitrogen functional groups attached to an aromatic ring is 1. The first kappa shape index (κ1) is 18.1. The molecule has 3 N–H and O–H groups in total. The van der Waals surface area contributed by atoms with Crippen LogP contribution in [0.3, 0.4) is 0 Å². The van der Waals surface area contributed by atoms with Crippen LogP contribution in [0.2, 0.25) is 0 Å². The molecule has 0 fully saturated rings. The molecule has 0 saturated heterocycles. The van der Waals surface area contributed by atoms with E-state index in [1.54, 1.807) is 13.3 Å². The zero-order valence-corrected chi connectivity index (χ0v) is 16.6. The monoisotopic (exact) mass is 392 g/mol.